The zero-order chi connectivity index (χ0) is 16.6. The second kappa shape index (κ2) is 18.7. The molecule has 0 aromatic carbocycles. The molecular weight excluding hydrogens is 242 g/mol. The van der Waals surface area contributed by atoms with Gasteiger partial charge in [0.25, 0.3) is 0 Å². The van der Waals surface area contributed by atoms with Gasteiger partial charge in [-0.3, -0.25) is 0 Å². The van der Waals surface area contributed by atoms with E-state index in [0.29, 0.717) is 0 Å². The van der Waals surface area contributed by atoms with E-state index in [9.17, 15) is 0 Å². The highest BCUT2D eigenvalue weighted by molar-refractivity contribution is 5.08. The summed E-state index contributed by atoms with van der Waals surface area (Å²) in [7, 11) is 0. The van der Waals surface area contributed by atoms with E-state index in [2.05, 4.69) is 32.7 Å². The molecule has 2 aliphatic rings. The number of hydrogen-bond acceptors (Lipinski definition) is 1. The SMILES string of the molecule is C=CCCC.CC.CC.CC.CCC1CC2C(C)C2N1. The molecule has 1 heteroatoms. The van der Waals surface area contributed by atoms with Crippen LogP contribution < -0.4 is 5.32 Å². The Balaban J connectivity index is -0.000000228. The number of unbranched alkanes of at least 4 members (excludes halogenated alkanes) is 1. The first-order chi connectivity index (χ1) is 9.74. The third-order valence-corrected chi connectivity index (χ3v) is 3.53. The average molecular weight is 286 g/mol. The van der Waals surface area contributed by atoms with Crippen molar-refractivity contribution in [2.24, 2.45) is 11.8 Å². The van der Waals surface area contributed by atoms with Gasteiger partial charge >= 0.3 is 0 Å². The molecule has 0 amide bonds. The van der Waals surface area contributed by atoms with Crippen LogP contribution in [0.15, 0.2) is 12.7 Å². The first-order valence-corrected chi connectivity index (χ1v) is 9.11. The molecule has 124 valence electrons. The van der Waals surface area contributed by atoms with Crippen LogP contribution in [0.4, 0.5) is 0 Å². The molecule has 0 bridgehead atoms. The molecule has 4 unspecified atom stereocenters. The lowest BCUT2D eigenvalue weighted by Gasteiger charge is -2.10. The van der Waals surface area contributed by atoms with E-state index in [0.717, 1.165) is 30.3 Å². The molecule has 20 heavy (non-hydrogen) atoms. The average Bonchev–Trinajstić information content (AvgIpc) is 2.97. The van der Waals surface area contributed by atoms with Crippen LogP contribution in [0.5, 0.6) is 0 Å². The summed E-state index contributed by atoms with van der Waals surface area (Å²) in [4.78, 5) is 0. The van der Waals surface area contributed by atoms with Gasteiger partial charge in [-0.25, -0.2) is 0 Å². The lowest BCUT2D eigenvalue weighted by Crippen LogP contribution is -2.26. The summed E-state index contributed by atoms with van der Waals surface area (Å²) in [6.07, 6.45) is 7.07. The van der Waals surface area contributed by atoms with Crippen molar-refractivity contribution in [3.05, 3.63) is 12.7 Å². The van der Waals surface area contributed by atoms with Crippen LogP contribution in [-0.4, -0.2) is 12.1 Å². The summed E-state index contributed by atoms with van der Waals surface area (Å²) < 4.78 is 0. The summed E-state index contributed by atoms with van der Waals surface area (Å²) in [6.45, 7) is 22.3. The Kier molecular flexibility index (Phi) is 23.1. The maximum atomic E-state index is 3.63. The first-order valence-electron chi connectivity index (χ1n) is 9.11. The van der Waals surface area contributed by atoms with E-state index in [4.69, 9.17) is 0 Å². The summed E-state index contributed by atoms with van der Waals surface area (Å²) in [5.74, 6) is 2.04. The van der Waals surface area contributed by atoms with Crippen LogP contribution in [0, 0.1) is 11.8 Å². The number of rotatable bonds is 3. The number of allylic oxidation sites excluding steroid dienone is 1. The minimum absolute atomic E-state index is 0.858. The van der Waals surface area contributed by atoms with Crippen molar-refractivity contribution >= 4 is 0 Å². The largest absolute Gasteiger partial charge is 0.311 e. The molecule has 0 aromatic heterocycles. The normalized spacial score (nSPS) is 27.6. The molecule has 1 nitrogen and oxygen atoms in total. The molecule has 1 aliphatic heterocycles. The van der Waals surface area contributed by atoms with Gasteiger partial charge < -0.3 is 5.32 Å². The zero-order valence-corrected chi connectivity index (χ0v) is 15.9. The molecule has 4 atom stereocenters. The van der Waals surface area contributed by atoms with Gasteiger partial charge in [-0.2, -0.15) is 0 Å². The number of fused-ring (bicyclic) bond motifs is 1. The van der Waals surface area contributed by atoms with Crippen LogP contribution >= 0.6 is 0 Å². The molecule has 1 saturated heterocycles. The minimum Gasteiger partial charge on any atom is -0.311 e. The molecule has 2 rings (SSSR count). The van der Waals surface area contributed by atoms with Gasteiger partial charge in [0.1, 0.15) is 0 Å². The predicted molar refractivity (Wildman–Crippen MR) is 97.4 cm³/mol. The lowest BCUT2D eigenvalue weighted by molar-refractivity contribution is 0.485. The van der Waals surface area contributed by atoms with Gasteiger partial charge in [-0.15, -0.1) is 6.58 Å². The Labute approximate surface area is 130 Å². The van der Waals surface area contributed by atoms with Crippen LogP contribution in [0.1, 0.15) is 88.0 Å². The second-order valence-corrected chi connectivity index (χ2v) is 4.63. The number of piperidine rings is 1. The van der Waals surface area contributed by atoms with Gasteiger partial charge in [0.05, 0.1) is 0 Å². The van der Waals surface area contributed by atoms with E-state index < -0.39 is 0 Å². The third-order valence-electron chi connectivity index (χ3n) is 3.53. The van der Waals surface area contributed by atoms with E-state index >= 15 is 0 Å². The van der Waals surface area contributed by atoms with Crippen molar-refractivity contribution in [1.82, 2.24) is 5.32 Å². The molecular formula is C19H43N. The van der Waals surface area contributed by atoms with Crippen LogP contribution in [0.2, 0.25) is 0 Å². The van der Waals surface area contributed by atoms with Crippen LogP contribution in [0.25, 0.3) is 0 Å². The van der Waals surface area contributed by atoms with Gasteiger partial charge in [-0.05, 0) is 31.1 Å². The summed E-state index contributed by atoms with van der Waals surface area (Å²) in [5, 5.41) is 3.63. The Hall–Kier alpha value is -0.300. The molecule has 1 aliphatic carbocycles. The predicted octanol–water partition coefficient (Wildman–Crippen LogP) is 6.44. The molecule has 1 saturated carbocycles. The van der Waals surface area contributed by atoms with Gasteiger partial charge in [0.15, 0.2) is 0 Å². The third kappa shape index (κ3) is 10.5. The Morgan fingerprint density at radius 1 is 1.05 bits per heavy atom. The van der Waals surface area contributed by atoms with Crippen molar-refractivity contribution in [2.75, 3.05) is 0 Å². The highest BCUT2D eigenvalue weighted by Gasteiger charge is 2.52. The molecule has 0 aromatic rings. The molecule has 0 radical (unpaired) electrons. The van der Waals surface area contributed by atoms with Crippen molar-refractivity contribution < 1.29 is 0 Å². The van der Waals surface area contributed by atoms with Crippen molar-refractivity contribution in [3.8, 4) is 0 Å². The summed E-state index contributed by atoms with van der Waals surface area (Å²) in [5.41, 5.74) is 0. The highest BCUT2D eigenvalue weighted by Crippen LogP contribution is 2.47. The molecule has 0 spiro atoms. The minimum atomic E-state index is 0.858. The smallest absolute Gasteiger partial charge is 0.0130 e. The standard InChI is InChI=1S/C8H15N.C5H10.3C2H6/c1-3-6-4-7-5(2)8(7)9-6;1-3-5-4-2;3*1-2/h5-9H,3-4H2,1-2H3;3H,1,4-5H2,2H3;3*1-2H3. The Bertz CT molecular complexity index is 165. The van der Waals surface area contributed by atoms with Gasteiger partial charge in [-0.1, -0.05) is 74.8 Å². The monoisotopic (exact) mass is 285 g/mol. The van der Waals surface area contributed by atoms with E-state index in [1.807, 2.05) is 47.6 Å². The maximum Gasteiger partial charge on any atom is 0.0130 e. The van der Waals surface area contributed by atoms with Crippen LogP contribution in [0.3, 0.4) is 0 Å². The molecule has 2 fully saturated rings. The molecule has 1 N–H and O–H groups in total. The zero-order valence-electron chi connectivity index (χ0n) is 15.9. The highest BCUT2D eigenvalue weighted by atomic mass is 15.1. The van der Waals surface area contributed by atoms with Crippen molar-refractivity contribution in [2.45, 2.75) is 100 Å². The summed E-state index contributed by atoms with van der Waals surface area (Å²) in [6, 6.07) is 1.77. The maximum absolute atomic E-state index is 3.63. The Morgan fingerprint density at radius 2 is 1.55 bits per heavy atom. The van der Waals surface area contributed by atoms with Gasteiger partial charge in [0.2, 0.25) is 0 Å². The topological polar surface area (TPSA) is 12.0 Å². The second-order valence-electron chi connectivity index (χ2n) is 4.63. The van der Waals surface area contributed by atoms with Crippen LogP contribution in [-0.2, 0) is 0 Å². The van der Waals surface area contributed by atoms with Crippen molar-refractivity contribution in [1.29, 1.82) is 0 Å². The van der Waals surface area contributed by atoms with E-state index in [1.165, 1.54) is 19.3 Å². The number of nitrogens with one attached hydrogen (secondary N) is 1. The van der Waals surface area contributed by atoms with Gasteiger partial charge in [0, 0.05) is 12.1 Å². The van der Waals surface area contributed by atoms with Crippen molar-refractivity contribution in [3.63, 3.8) is 0 Å². The number of hydrogen-bond donors (Lipinski definition) is 1. The molecule has 1 heterocycles. The lowest BCUT2D eigenvalue weighted by atomic mass is 10.1. The summed E-state index contributed by atoms with van der Waals surface area (Å²) >= 11 is 0. The van der Waals surface area contributed by atoms with E-state index in [-0.39, 0.29) is 0 Å². The quantitative estimate of drug-likeness (QED) is 0.588. The first kappa shape index (κ1) is 24.7. The fourth-order valence-electron chi connectivity index (χ4n) is 2.34. The Morgan fingerprint density at radius 3 is 1.75 bits per heavy atom. The van der Waals surface area contributed by atoms with E-state index in [1.54, 1.807) is 0 Å². The fraction of sp³-hybridized carbons (Fsp3) is 0.895. The fourth-order valence-corrected chi connectivity index (χ4v) is 2.34.